The third-order valence-corrected chi connectivity index (χ3v) is 1.40. The van der Waals surface area contributed by atoms with Crippen LogP contribution in [0.5, 0.6) is 5.75 Å². The molecule has 12 heavy (non-hydrogen) atoms. The van der Waals surface area contributed by atoms with Crippen molar-refractivity contribution >= 4 is 0 Å². The second-order valence-electron chi connectivity index (χ2n) is 2.30. The van der Waals surface area contributed by atoms with E-state index in [1.807, 2.05) is 30.3 Å². The normalized spacial score (nSPS) is 14.7. The van der Waals surface area contributed by atoms with Crippen LogP contribution >= 0.6 is 0 Å². The van der Waals surface area contributed by atoms with Crippen LogP contribution in [0.4, 0.5) is 0 Å². The molecule has 0 bridgehead atoms. The van der Waals surface area contributed by atoms with Gasteiger partial charge in [-0.15, -0.1) is 10.2 Å². The van der Waals surface area contributed by atoms with Crippen molar-refractivity contribution in [2.45, 2.75) is 6.35 Å². The predicted octanol–water partition coefficient (Wildman–Crippen LogP) is 1.79. The second kappa shape index (κ2) is 3.32. The smallest absolute Gasteiger partial charge is 0.285 e. The van der Waals surface area contributed by atoms with E-state index in [9.17, 15) is 0 Å². The fourth-order valence-electron chi connectivity index (χ4n) is 0.774. The Morgan fingerprint density at radius 3 is 2.58 bits per heavy atom. The van der Waals surface area contributed by atoms with Crippen molar-refractivity contribution in [2.24, 2.45) is 10.2 Å². The number of nitrogens with zero attached hydrogens (tertiary/aromatic N) is 2. The minimum atomic E-state index is -0.284. The van der Waals surface area contributed by atoms with Crippen molar-refractivity contribution in [1.82, 2.24) is 0 Å². The molecule has 0 amide bonds. The SMILES string of the molecule is c1ccc(OCOC2N=N2)cc1. The lowest BCUT2D eigenvalue weighted by atomic mass is 10.3. The van der Waals surface area contributed by atoms with Crippen LogP contribution < -0.4 is 4.74 Å². The van der Waals surface area contributed by atoms with Gasteiger partial charge in [0.1, 0.15) is 5.75 Å². The Morgan fingerprint density at radius 1 is 1.17 bits per heavy atom. The highest BCUT2D eigenvalue weighted by atomic mass is 16.7. The van der Waals surface area contributed by atoms with Crippen molar-refractivity contribution in [3.05, 3.63) is 30.3 Å². The summed E-state index contributed by atoms with van der Waals surface area (Å²) < 4.78 is 10.2. The van der Waals surface area contributed by atoms with Gasteiger partial charge in [-0.3, -0.25) is 4.74 Å². The highest BCUT2D eigenvalue weighted by molar-refractivity contribution is 5.20. The Morgan fingerprint density at radius 2 is 1.92 bits per heavy atom. The Balaban J connectivity index is 1.72. The van der Waals surface area contributed by atoms with Gasteiger partial charge >= 0.3 is 0 Å². The lowest BCUT2D eigenvalue weighted by molar-refractivity contribution is -0.00203. The van der Waals surface area contributed by atoms with Gasteiger partial charge in [0, 0.05) is 0 Å². The van der Waals surface area contributed by atoms with Gasteiger partial charge in [0.25, 0.3) is 6.35 Å². The molecule has 0 spiro atoms. The number of rotatable bonds is 4. The standard InChI is InChI=1S/C8H8N2O2/c1-2-4-7(5-3-1)11-6-12-8-9-10-8/h1-5,8H,6H2. The average Bonchev–Trinajstić information content (AvgIpc) is 2.90. The van der Waals surface area contributed by atoms with Crippen molar-refractivity contribution in [3.63, 3.8) is 0 Å². The first-order chi connectivity index (χ1) is 5.95. The quantitative estimate of drug-likeness (QED) is 0.636. The molecular formula is C8H8N2O2. The molecule has 0 aliphatic carbocycles. The number of hydrogen-bond acceptors (Lipinski definition) is 4. The molecule has 0 N–H and O–H groups in total. The van der Waals surface area contributed by atoms with E-state index in [1.54, 1.807) is 0 Å². The number of ether oxygens (including phenoxy) is 2. The van der Waals surface area contributed by atoms with E-state index in [4.69, 9.17) is 9.47 Å². The maximum Gasteiger partial charge on any atom is 0.285 e. The summed E-state index contributed by atoms with van der Waals surface area (Å²) in [5.41, 5.74) is 0. The van der Waals surface area contributed by atoms with Gasteiger partial charge in [0.05, 0.1) is 0 Å². The van der Waals surface area contributed by atoms with Gasteiger partial charge in [-0.1, -0.05) is 18.2 Å². The predicted molar refractivity (Wildman–Crippen MR) is 41.7 cm³/mol. The molecule has 0 saturated carbocycles. The van der Waals surface area contributed by atoms with Crippen molar-refractivity contribution in [3.8, 4) is 5.75 Å². The van der Waals surface area contributed by atoms with Gasteiger partial charge in [0.2, 0.25) is 0 Å². The summed E-state index contributed by atoms with van der Waals surface area (Å²) in [4.78, 5) is 0. The summed E-state index contributed by atoms with van der Waals surface area (Å²) in [5, 5.41) is 7.11. The fraction of sp³-hybridized carbons (Fsp3) is 0.250. The molecule has 1 aliphatic rings. The maximum absolute atomic E-state index is 5.21. The van der Waals surface area contributed by atoms with Crippen molar-refractivity contribution in [1.29, 1.82) is 0 Å². The first kappa shape index (κ1) is 7.24. The molecule has 4 heteroatoms. The van der Waals surface area contributed by atoms with Gasteiger partial charge in [0.15, 0.2) is 6.79 Å². The molecule has 2 rings (SSSR count). The summed E-state index contributed by atoms with van der Waals surface area (Å²) in [6.45, 7) is 0.196. The van der Waals surface area contributed by atoms with Gasteiger partial charge in [-0.25, -0.2) is 0 Å². The Bertz CT molecular complexity index is 268. The van der Waals surface area contributed by atoms with Crippen LogP contribution in [0.3, 0.4) is 0 Å². The molecular weight excluding hydrogens is 156 g/mol. The molecule has 62 valence electrons. The van der Waals surface area contributed by atoms with Crippen LogP contribution in [0.15, 0.2) is 40.6 Å². The Labute approximate surface area is 69.8 Å². The monoisotopic (exact) mass is 164 g/mol. The first-order valence-corrected chi connectivity index (χ1v) is 3.64. The summed E-state index contributed by atoms with van der Waals surface area (Å²) >= 11 is 0. The van der Waals surface area contributed by atoms with E-state index in [0.29, 0.717) is 0 Å². The molecule has 0 fully saturated rings. The van der Waals surface area contributed by atoms with Crippen molar-refractivity contribution in [2.75, 3.05) is 6.79 Å². The van der Waals surface area contributed by atoms with E-state index < -0.39 is 0 Å². The molecule has 1 aromatic carbocycles. The zero-order valence-electron chi connectivity index (χ0n) is 6.38. The maximum atomic E-state index is 5.21. The third kappa shape index (κ3) is 2.03. The van der Waals surface area contributed by atoms with E-state index in [-0.39, 0.29) is 13.1 Å². The van der Waals surface area contributed by atoms with Gasteiger partial charge < -0.3 is 4.74 Å². The van der Waals surface area contributed by atoms with E-state index >= 15 is 0 Å². The van der Waals surface area contributed by atoms with E-state index in [2.05, 4.69) is 10.2 Å². The van der Waals surface area contributed by atoms with Gasteiger partial charge in [-0.05, 0) is 12.1 Å². The lowest BCUT2D eigenvalue weighted by Gasteiger charge is -2.03. The second-order valence-corrected chi connectivity index (χ2v) is 2.30. The number of benzene rings is 1. The molecule has 1 aliphatic heterocycles. The molecule has 1 aromatic rings. The average molecular weight is 164 g/mol. The van der Waals surface area contributed by atoms with Crippen LogP contribution in [0, 0.1) is 0 Å². The zero-order valence-corrected chi connectivity index (χ0v) is 6.38. The first-order valence-electron chi connectivity index (χ1n) is 3.64. The Kier molecular flexibility index (Phi) is 2.00. The van der Waals surface area contributed by atoms with Crippen LogP contribution in [-0.4, -0.2) is 13.1 Å². The topological polar surface area (TPSA) is 43.2 Å². The lowest BCUT2D eigenvalue weighted by Crippen LogP contribution is -2.04. The minimum absolute atomic E-state index is 0.196. The van der Waals surface area contributed by atoms with Crippen LogP contribution in [0.25, 0.3) is 0 Å². The highest BCUT2D eigenvalue weighted by Gasteiger charge is 2.15. The summed E-state index contributed by atoms with van der Waals surface area (Å²) in [6.07, 6.45) is -0.284. The summed E-state index contributed by atoms with van der Waals surface area (Å²) in [5.74, 6) is 0.790. The largest absolute Gasteiger partial charge is 0.467 e. The van der Waals surface area contributed by atoms with Crippen LogP contribution in [0.2, 0.25) is 0 Å². The summed E-state index contributed by atoms with van der Waals surface area (Å²) in [6, 6.07) is 9.47. The molecule has 0 atom stereocenters. The number of hydrogen-bond donors (Lipinski definition) is 0. The zero-order chi connectivity index (χ0) is 8.23. The third-order valence-electron chi connectivity index (χ3n) is 1.40. The number of para-hydroxylation sites is 1. The van der Waals surface area contributed by atoms with E-state index in [0.717, 1.165) is 5.75 Å². The fourth-order valence-corrected chi connectivity index (χ4v) is 0.774. The van der Waals surface area contributed by atoms with Crippen molar-refractivity contribution < 1.29 is 9.47 Å². The van der Waals surface area contributed by atoms with Crippen LogP contribution in [0.1, 0.15) is 0 Å². The van der Waals surface area contributed by atoms with Crippen LogP contribution in [-0.2, 0) is 4.74 Å². The van der Waals surface area contributed by atoms with Gasteiger partial charge in [-0.2, -0.15) is 0 Å². The molecule has 0 aromatic heterocycles. The Hall–Kier alpha value is -1.42. The molecule has 0 radical (unpaired) electrons. The summed E-state index contributed by atoms with van der Waals surface area (Å²) in [7, 11) is 0. The molecule has 4 nitrogen and oxygen atoms in total. The molecule has 0 unspecified atom stereocenters. The molecule has 1 heterocycles. The van der Waals surface area contributed by atoms with E-state index in [1.165, 1.54) is 0 Å². The highest BCUT2D eigenvalue weighted by Crippen LogP contribution is 2.13. The minimum Gasteiger partial charge on any atom is -0.467 e. The molecule has 0 saturated heterocycles.